The second-order valence-corrected chi connectivity index (χ2v) is 2.58. The Kier molecular flexibility index (Phi) is 3.09. The first-order chi connectivity index (χ1) is 5.23. The smallest absolute Gasteiger partial charge is 0.406 e. The van der Waals surface area contributed by atoms with Crippen LogP contribution in [0.1, 0.15) is 19.8 Å². The molecule has 0 spiro atoms. The Labute approximate surface area is 67.4 Å². The number of aliphatic carboxylic acids is 1. The fourth-order valence-corrected chi connectivity index (χ4v) is 0.696. The van der Waals surface area contributed by atoms with Crippen molar-refractivity contribution in [2.75, 3.05) is 0 Å². The van der Waals surface area contributed by atoms with E-state index in [0.717, 1.165) is 0 Å². The van der Waals surface area contributed by atoms with Gasteiger partial charge in [0.2, 0.25) is 0 Å². The molecule has 12 heavy (non-hydrogen) atoms. The maximum absolute atomic E-state index is 12.1. The molecule has 0 aliphatic heterocycles. The Morgan fingerprint density at radius 3 is 2.00 bits per heavy atom. The highest BCUT2D eigenvalue weighted by Crippen LogP contribution is 2.33. The molecular weight excluding hydrogens is 175 g/mol. The van der Waals surface area contributed by atoms with Gasteiger partial charge in [-0.05, 0) is 6.42 Å². The van der Waals surface area contributed by atoms with Gasteiger partial charge in [-0.2, -0.15) is 13.2 Å². The third-order valence-electron chi connectivity index (χ3n) is 1.66. The van der Waals surface area contributed by atoms with Crippen LogP contribution in [0.15, 0.2) is 0 Å². The highest BCUT2D eigenvalue weighted by atomic mass is 19.4. The molecule has 0 aromatic rings. The molecule has 72 valence electrons. The minimum Gasteiger partial charge on any atom is -0.481 e. The molecule has 3 nitrogen and oxygen atoms in total. The van der Waals surface area contributed by atoms with Crippen LogP contribution < -0.4 is 5.73 Å². The molecule has 6 heteroatoms. The average Bonchev–Trinajstić information content (AvgIpc) is 1.83. The second-order valence-electron chi connectivity index (χ2n) is 2.58. The first-order valence-electron chi connectivity index (χ1n) is 3.30. The van der Waals surface area contributed by atoms with Gasteiger partial charge in [0, 0.05) is 0 Å². The SMILES string of the molecule is CCC(N)(CC(=O)O)C(F)(F)F. The zero-order valence-electron chi connectivity index (χ0n) is 6.48. The zero-order valence-corrected chi connectivity index (χ0v) is 6.48. The van der Waals surface area contributed by atoms with E-state index in [1.807, 2.05) is 0 Å². The summed E-state index contributed by atoms with van der Waals surface area (Å²) < 4.78 is 36.2. The number of hydrogen-bond acceptors (Lipinski definition) is 2. The maximum Gasteiger partial charge on any atom is 0.406 e. The van der Waals surface area contributed by atoms with Crippen molar-refractivity contribution in [3.05, 3.63) is 0 Å². The second kappa shape index (κ2) is 3.30. The van der Waals surface area contributed by atoms with Gasteiger partial charge in [0.05, 0.1) is 6.42 Å². The van der Waals surface area contributed by atoms with Crippen molar-refractivity contribution >= 4 is 5.97 Å². The van der Waals surface area contributed by atoms with Gasteiger partial charge in [-0.15, -0.1) is 0 Å². The van der Waals surface area contributed by atoms with Crippen molar-refractivity contribution < 1.29 is 23.1 Å². The lowest BCUT2D eigenvalue weighted by Crippen LogP contribution is -2.54. The highest BCUT2D eigenvalue weighted by molar-refractivity contribution is 5.68. The summed E-state index contributed by atoms with van der Waals surface area (Å²) in [5, 5.41) is 8.16. The van der Waals surface area contributed by atoms with Crippen LogP contribution >= 0.6 is 0 Å². The predicted octanol–water partition coefficient (Wildman–Crippen LogP) is 1.13. The van der Waals surface area contributed by atoms with E-state index >= 15 is 0 Å². The van der Waals surface area contributed by atoms with Crippen LogP contribution in [-0.2, 0) is 4.79 Å². The van der Waals surface area contributed by atoms with Crippen LogP contribution in [0.3, 0.4) is 0 Å². The van der Waals surface area contributed by atoms with Crippen molar-refractivity contribution in [1.82, 2.24) is 0 Å². The monoisotopic (exact) mass is 185 g/mol. The Bertz CT molecular complexity index is 180. The molecule has 0 amide bonds. The molecule has 0 saturated carbocycles. The van der Waals surface area contributed by atoms with Gasteiger partial charge in [-0.25, -0.2) is 0 Å². The fourth-order valence-electron chi connectivity index (χ4n) is 0.696. The van der Waals surface area contributed by atoms with Crippen LogP contribution in [-0.4, -0.2) is 22.8 Å². The lowest BCUT2D eigenvalue weighted by Gasteiger charge is -2.28. The van der Waals surface area contributed by atoms with E-state index in [0.29, 0.717) is 0 Å². The Hall–Kier alpha value is -0.780. The third kappa shape index (κ3) is 2.37. The molecule has 0 aliphatic carbocycles. The Morgan fingerprint density at radius 2 is 1.92 bits per heavy atom. The molecule has 0 rings (SSSR count). The van der Waals surface area contributed by atoms with Crippen LogP contribution in [0.4, 0.5) is 13.2 Å². The number of halogens is 3. The summed E-state index contributed by atoms with van der Waals surface area (Å²) in [5.41, 5.74) is 2.27. The van der Waals surface area contributed by atoms with Crippen molar-refractivity contribution in [2.45, 2.75) is 31.5 Å². The van der Waals surface area contributed by atoms with Crippen molar-refractivity contribution in [2.24, 2.45) is 5.73 Å². The quantitative estimate of drug-likeness (QED) is 0.692. The van der Waals surface area contributed by atoms with Crippen LogP contribution in [0.25, 0.3) is 0 Å². The number of alkyl halides is 3. The summed E-state index contributed by atoms with van der Waals surface area (Å²) in [5.74, 6) is -1.54. The van der Waals surface area contributed by atoms with E-state index in [1.54, 1.807) is 0 Å². The van der Waals surface area contributed by atoms with Crippen molar-refractivity contribution in [3.63, 3.8) is 0 Å². The van der Waals surface area contributed by atoms with Gasteiger partial charge in [-0.1, -0.05) is 6.92 Å². The average molecular weight is 185 g/mol. The van der Waals surface area contributed by atoms with E-state index in [-0.39, 0.29) is 0 Å². The molecule has 0 bridgehead atoms. The number of rotatable bonds is 3. The number of carboxylic acids is 1. The van der Waals surface area contributed by atoms with Gasteiger partial charge in [0.1, 0.15) is 5.54 Å². The number of nitrogens with two attached hydrogens (primary N) is 1. The lowest BCUT2D eigenvalue weighted by atomic mass is 9.93. The summed E-state index contributed by atoms with van der Waals surface area (Å²) in [4.78, 5) is 10.0. The van der Waals surface area contributed by atoms with Crippen LogP contribution in [0.5, 0.6) is 0 Å². The minimum atomic E-state index is -4.67. The normalized spacial score (nSPS) is 17.1. The van der Waals surface area contributed by atoms with Gasteiger partial charge >= 0.3 is 12.1 Å². The highest BCUT2D eigenvalue weighted by Gasteiger charge is 2.51. The number of hydrogen-bond donors (Lipinski definition) is 2. The summed E-state index contributed by atoms with van der Waals surface area (Å²) in [6.45, 7) is 1.20. The van der Waals surface area contributed by atoms with E-state index in [4.69, 9.17) is 10.8 Å². The first-order valence-corrected chi connectivity index (χ1v) is 3.30. The molecule has 1 unspecified atom stereocenters. The molecule has 3 N–H and O–H groups in total. The lowest BCUT2D eigenvalue weighted by molar-refractivity contribution is -0.193. The molecule has 0 aliphatic rings. The Morgan fingerprint density at radius 1 is 1.50 bits per heavy atom. The molecule has 0 heterocycles. The van der Waals surface area contributed by atoms with E-state index in [1.165, 1.54) is 6.92 Å². The maximum atomic E-state index is 12.1. The topological polar surface area (TPSA) is 63.3 Å². The fraction of sp³-hybridized carbons (Fsp3) is 0.833. The molecule has 0 fully saturated rings. The molecule has 0 aromatic carbocycles. The standard InChI is InChI=1S/C6H10F3NO2/c1-2-5(10,3-4(11)12)6(7,8)9/h2-3,10H2,1H3,(H,11,12). The van der Waals surface area contributed by atoms with Gasteiger partial charge in [0.15, 0.2) is 0 Å². The van der Waals surface area contributed by atoms with E-state index < -0.39 is 30.5 Å². The molecule has 0 radical (unpaired) electrons. The largest absolute Gasteiger partial charge is 0.481 e. The minimum absolute atomic E-state index is 0.442. The predicted molar refractivity (Wildman–Crippen MR) is 35.5 cm³/mol. The van der Waals surface area contributed by atoms with E-state index in [9.17, 15) is 18.0 Å². The molecule has 0 aromatic heterocycles. The molecular formula is C6H10F3NO2. The zero-order chi connectivity index (χ0) is 9.99. The third-order valence-corrected chi connectivity index (χ3v) is 1.66. The van der Waals surface area contributed by atoms with Crippen LogP contribution in [0.2, 0.25) is 0 Å². The number of carbonyl (C=O) groups is 1. The number of carboxylic acid groups (broad SMARTS) is 1. The van der Waals surface area contributed by atoms with Crippen molar-refractivity contribution in [3.8, 4) is 0 Å². The van der Waals surface area contributed by atoms with Crippen molar-refractivity contribution in [1.29, 1.82) is 0 Å². The first kappa shape index (κ1) is 11.2. The summed E-state index contributed by atoms with van der Waals surface area (Å²) >= 11 is 0. The van der Waals surface area contributed by atoms with E-state index in [2.05, 4.69) is 0 Å². The molecule has 1 atom stereocenters. The van der Waals surface area contributed by atoms with Gasteiger partial charge in [0.25, 0.3) is 0 Å². The summed E-state index contributed by atoms with van der Waals surface area (Å²) in [6.07, 6.45) is -6.20. The van der Waals surface area contributed by atoms with Crippen LogP contribution in [0, 0.1) is 0 Å². The molecule has 0 saturated heterocycles. The van der Waals surface area contributed by atoms with Gasteiger partial charge in [-0.3, -0.25) is 4.79 Å². The Balaban J connectivity index is 4.56. The van der Waals surface area contributed by atoms with Gasteiger partial charge < -0.3 is 10.8 Å². The summed E-state index contributed by atoms with van der Waals surface area (Å²) in [6, 6.07) is 0. The summed E-state index contributed by atoms with van der Waals surface area (Å²) in [7, 11) is 0.